The molecule has 0 bridgehead atoms. The van der Waals surface area contributed by atoms with Crippen molar-refractivity contribution in [1.29, 1.82) is 0 Å². The molecular weight excluding hydrogens is 290 g/mol. The van der Waals surface area contributed by atoms with Crippen molar-refractivity contribution in [1.82, 2.24) is 9.62 Å². The Morgan fingerprint density at radius 3 is 2.62 bits per heavy atom. The summed E-state index contributed by atoms with van der Waals surface area (Å²) in [7, 11) is -3.25. The number of carbonyl (C=O) groups excluding carboxylic acids is 1. The summed E-state index contributed by atoms with van der Waals surface area (Å²) in [5.74, 6) is -0.416. The third kappa shape index (κ3) is 4.52. The van der Waals surface area contributed by atoms with Gasteiger partial charge in [-0.1, -0.05) is 30.3 Å². The normalized spacial score (nSPS) is 21.9. The first-order valence-electron chi connectivity index (χ1n) is 6.92. The lowest BCUT2D eigenvalue weighted by molar-refractivity contribution is -0.124. The Hall–Kier alpha value is -1.44. The van der Waals surface area contributed by atoms with Crippen molar-refractivity contribution in [3.8, 4) is 0 Å². The molecule has 1 saturated heterocycles. The van der Waals surface area contributed by atoms with E-state index >= 15 is 0 Å². The minimum absolute atomic E-state index is 0.181. The second-order valence-electron chi connectivity index (χ2n) is 5.44. The van der Waals surface area contributed by atoms with Gasteiger partial charge < -0.3 is 5.73 Å². The molecule has 6 nitrogen and oxygen atoms in total. The smallest absolute Gasteiger partial charge is 0.239 e. The van der Waals surface area contributed by atoms with E-state index in [2.05, 4.69) is 4.72 Å². The van der Waals surface area contributed by atoms with Crippen molar-refractivity contribution in [3.05, 3.63) is 35.9 Å². The number of likely N-dealkylation sites (tertiary alicyclic amines) is 1. The number of hydrogen-bond donors (Lipinski definition) is 2. The Morgan fingerprint density at radius 1 is 1.38 bits per heavy atom. The highest BCUT2D eigenvalue weighted by atomic mass is 32.2. The molecule has 0 spiro atoms. The van der Waals surface area contributed by atoms with Crippen LogP contribution in [0.4, 0.5) is 0 Å². The summed E-state index contributed by atoms with van der Waals surface area (Å²) in [6, 6.07) is 8.63. The van der Waals surface area contributed by atoms with Gasteiger partial charge in [-0.2, -0.15) is 0 Å². The molecule has 0 aliphatic carbocycles. The number of piperidine rings is 1. The number of benzene rings is 1. The van der Waals surface area contributed by atoms with Crippen LogP contribution in [0.5, 0.6) is 0 Å². The molecule has 116 valence electrons. The lowest BCUT2D eigenvalue weighted by Crippen LogP contribution is -2.50. The predicted octanol–water partition coefficient (Wildman–Crippen LogP) is 0.227. The van der Waals surface area contributed by atoms with Crippen LogP contribution in [0, 0.1) is 0 Å². The number of hydrogen-bond acceptors (Lipinski definition) is 4. The van der Waals surface area contributed by atoms with Gasteiger partial charge in [-0.15, -0.1) is 0 Å². The minimum Gasteiger partial charge on any atom is -0.368 e. The maximum atomic E-state index is 11.8. The van der Waals surface area contributed by atoms with E-state index in [1.807, 2.05) is 35.2 Å². The Balaban J connectivity index is 2.16. The van der Waals surface area contributed by atoms with Gasteiger partial charge in [0.25, 0.3) is 0 Å². The Morgan fingerprint density at radius 2 is 2.05 bits per heavy atom. The highest BCUT2D eigenvalue weighted by molar-refractivity contribution is 7.88. The number of nitrogens with one attached hydrogen (secondary N) is 1. The molecule has 1 fully saturated rings. The van der Waals surface area contributed by atoms with E-state index in [-0.39, 0.29) is 6.04 Å². The molecule has 1 aromatic rings. The monoisotopic (exact) mass is 311 g/mol. The second kappa shape index (κ2) is 6.55. The van der Waals surface area contributed by atoms with Crippen molar-refractivity contribution in [2.75, 3.05) is 19.3 Å². The molecule has 7 heteroatoms. The third-order valence-electron chi connectivity index (χ3n) is 3.58. The van der Waals surface area contributed by atoms with E-state index in [0.717, 1.165) is 31.2 Å². The quantitative estimate of drug-likeness (QED) is 0.814. The fraction of sp³-hybridized carbons (Fsp3) is 0.500. The molecule has 1 aliphatic rings. The summed E-state index contributed by atoms with van der Waals surface area (Å²) >= 11 is 0. The first-order chi connectivity index (χ1) is 9.87. The van der Waals surface area contributed by atoms with Gasteiger partial charge in [0.2, 0.25) is 15.9 Å². The first-order valence-corrected chi connectivity index (χ1v) is 8.81. The number of rotatable bonds is 5. The fourth-order valence-electron chi connectivity index (χ4n) is 2.83. The van der Waals surface area contributed by atoms with E-state index in [1.165, 1.54) is 0 Å². The van der Waals surface area contributed by atoms with Gasteiger partial charge in [0.1, 0.15) is 6.04 Å². The summed E-state index contributed by atoms with van der Waals surface area (Å²) in [5, 5.41) is 0. The fourth-order valence-corrected chi connectivity index (χ4v) is 3.63. The highest BCUT2D eigenvalue weighted by Crippen LogP contribution is 2.24. The van der Waals surface area contributed by atoms with Gasteiger partial charge in [0.15, 0.2) is 0 Å². The SMILES string of the molecule is CS(=O)(=O)N[C@H]1CCCN([C@@H](C(N)=O)c2ccccc2)C1. The minimum atomic E-state index is -3.25. The van der Waals surface area contributed by atoms with Crippen LogP contribution in [0.1, 0.15) is 24.4 Å². The van der Waals surface area contributed by atoms with Crippen LogP contribution in [0.15, 0.2) is 30.3 Å². The summed E-state index contributed by atoms with van der Waals surface area (Å²) in [6.45, 7) is 1.21. The van der Waals surface area contributed by atoms with E-state index in [1.54, 1.807) is 0 Å². The highest BCUT2D eigenvalue weighted by Gasteiger charge is 2.31. The molecule has 2 rings (SSSR count). The molecule has 1 amide bonds. The van der Waals surface area contributed by atoms with Crippen molar-refractivity contribution < 1.29 is 13.2 Å². The van der Waals surface area contributed by atoms with Crippen molar-refractivity contribution in [2.24, 2.45) is 5.73 Å². The number of amides is 1. The van der Waals surface area contributed by atoms with Crippen molar-refractivity contribution >= 4 is 15.9 Å². The molecule has 1 aromatic carbocycles. The van der Waals surface area contributed by atoms with Gasteiger partial charge in [-0.05, 0) is 24.9 Å². The van der Waals surface area contributed by atoms with Crippen molar-refractivity contribution in [2.45, 2.75) is 24.9 Å². The third-order valence-corrected chi connectivity index (χ3v) is 4.34. The van der Waals surface area contributed by atoms with Crippen LogP contribution >= 0.6 is 0 Å². The van der Waals surface area contributed by atoms with E-state index in [4.69, 9.17) is 5.73 Å². The summed E-state index contributed by atoms with van der Waals surface area (Å²) in [6.07, 6.45) is 2.74. The average molecular weight is 311 g/mol. The second-order valence-corrected chi connectivity index (χ2v) is 7.22. The molecule has 0 aromatic heterocycles. The molecular formula is C14H21N3O3S. The van der Waals surface area contributed by atoms with Crippen LogP contribution in [0.2, 0.25) is 0 Å². The number of carbonyl (C=O) groups is 1. The lowest BCUT2D eigenvalue weighted by atomic mass is 9.99. The van der Waals surface area contributed by atoms with Gasteiger partial charge in [-0.3, -0.25) is 9.69 Å². The zero-order valence-corrected chi connectivity index (χ0v) is 12.8. The number of nitrogens with zero attached hydrogens (tertiary/aromatic N) is 1. The van der Waals surface area contributed by atoms with Crippen LogP contribution in [0.25, 0.3) is 0 Å². The molecule has 1 heterocycles. The molecule has 0 unspecified atom stereocenters. The predicted molar refractivity (Wildman–Crippen MR) is 81.0 cm³/mol. The van der Waals surface area contributed by atoms with E-state index in [9.17, 15) is 13.2 Å². The van der Waals surface area contributed by atoms with Crippen LogP contribution in [0.3, 0.4) is 0 Å². The van der Waals surface area contributed by atoms with Gasteiger partial charge >= 0.3 is 0 Å². The zero-order valence-electron chi connectivity index (χ0n) is 12.0. The lowest BCUT2D eigenvalue weighted by Gasteiger charge is -2.37. The zero-order chi connectivity index (χ0) is 15.5. The maximum absolute atomic E-state index is 11.8. The molecule has 0 radical (unpaired) electrons. The standard InChI is InChI=1S/C14H21N3O3S/c1-21(19,20)16-12-8-5-9-17(10-12)13(14(15)18)11-6-3-2-4-7-11/h2-4,6-7,12-13,16H,5,8-10H2,1H3,(H2,15,18)/t12-,13+/m0/s1. The molecule has 2 atom stereocenters. The number of nitrogens with two attached hydrogens (primary N) is 1. The summed E-state index contributed by atoms with van der Waals surface area (Å²) in [4.78, 5) is 13.8. The van der Waals surface area contributed by atoms with E-state index < -0.39 is 22.0 Å². The average Bonchev–Trinajstić information content (AvgIpc) is 2.38. The first kappa shape index (κ1) is 15.9. The van der Waals surface area contributed by atoms with Crippen LogP contribution in [-0.2, 0) is 14.8 Å². The number of primary amides is 1. The molecule has 1 aliphatic heterocycles. The van der Waals surface area contributed by atoms with Crippen LogP contribution in [-0.4, -0.2) is 44.6 Å². The van der Waals surface area contributed by atoms with E-state index in [0.29, 0.717) is 6.54 Å². The van der Waals surface area contributed by atoms with Gasteiger partial charge in [0, 0.05) is 12.6 Å². The van der Waals surface area contributed by atoms with Gasteiger partial charge in [0.05, 0.1) is 6.26 Å². The summed E-state index contributed by atoms with van der Waals surface area (Å²) in [5.41, 5.74) is 6.39. The molecule has 0 saturated carbocycles. The molecule has 21 heavy (non-hydrogen) atoms. The Kier molecular flexibility index (Phi) is 4.97. The topological polar surface area (TPSA) is 92.5 Å². The Labute approximate surface area is 125 Å². The van der Waals surface area contributed by atoms with Crippen LogP contribution < -0.4 is 10.5 Å². The van der Waals surface area contributed by atoms with Gasteiger partial charge in [-0.25, -0.2) is 13.1 Å². The number of sulfonamides is 1. The largest absolute Gasteiger partial charge is 0.368 e. The summed E-state index contributed by atoms with van der Waals surface area (Å²) < 4.78 is 25.3. The molecule has 3 N–H and O–H groups in total. The maximum Gasteiger partial charge on any atom is 0.239 e. The Bertz CT molecular complexity index is 589. The van der Waals surface area contributed by atoms with Crippen molar-refractivity contribution in [3.63, 3.8) is 0 Å².